The Labute approximate surface area is 102 Å². The fraction of sp³-hybridized carbons (Fsp3) is 0.571. The van der Waals surface area contributed by atoms with E-state index < -0.39 is 0 Å². The van der Waals surface area contributed by atoms with Crippen molar-refractivity contribution in [3.8, 4) is 11.5 Å². The molecule has 0 radical (unpaired) electrons. The number of ether oxygens (including phenoxy) is 2. The van der Waals surface area contributed by atoms with Crippen molar-refractivity contribution >= 4 is 0 Å². The molecule has 0 atom stereocenters. The maximum atomic E-state index is 5.98. The zero-order valence-corrected chi connectivity index (χ0v) is 10.1. The Hall–Kier alpha value is -1.22. The summed E-state index contributed by atoms with van der Waals surface area (Å²) in [6.45, 7) is 2.18. The second-order valence-electron chi connectivity index (χ2n) is 5.02. The van der Waals surface area contributed by atoms with Crippen LogP contribution in [0.1, 0.15) is 31.2 Å². The molecule has 0 spiro atoms. The van der Waals surface area contributed by atoms with Gasteiger partial charge in [-0.25, -0.2) is 0 Å². The van der Waals surface area contributed by atoms with Gasteiger partial charge in [0, 0.05) is 23.9 Å². The molecular formula is C14H19NO2. The fourth-order valence-electron chi connectivity index (χ4n) is 2.80. The van der Waals surface area contributed by atoms with Gasteiger partial charge < -0.3 is 15.2 Å². The third-order valence-electron chi connectivity index (χ3n) is 4.04. The van der Waals surface area contributed by atoms with E-state index in [9.17, 15) is 0 Å². The molecule has 2 N–H and O–H groups in total. The zero-order valence-electron chi connectivity index (χ0n) is 10.1. The summed E-state index contributed by atoms with van der Waals surface area (Å²) >= 11 is 0. The third-order valence-corrected chi connectivity index (χ3v) is 4.04. The minimum atomic E-state index is 0.138. The molecule has 92 valence electrons. The minimum Gasteiger partial charge on any atom is -0.490 e. The number of nitrogens with two attached hydrogens (primary N) is 1. The third kappa shape index (κ3) is 1.69. The van der Waals surface area contributed by atoms with Gasteiger partial charge in [0.15, 0.2) is 11.5 Å². The van der Waals surface area contributed by atoms with Gasteiger partial charge in [0.1, 0.15) is 0 Å². The van der Waals surface area contributed by atoms with Crippen molar-refractivity contribution in [2.45, 2.75) is 31.1 Å². The molecule has 1 saturated carbocycles. The number of hydrogen-bond acceptors (Lipinski definition) is 3. The van der Waals surface area contributed by atoms with Crippen LogP contribution in [0, 0.1) is 0 Å². The van der Waals surface area contributed by atoms with E-state index in [0.29, 0.717) is 6.54 Å². The monoisotopic (exact) mass is 233 g/mol. The van der Waals surface area contributed by atoms with Gasteiger partial charge in [-0.3, -0.25) is 0 Å². The van der Waals surface area contributed by atoms with Gasteiger partial charge in [0.2, 0.25) is 0 Å². The standard InChI is InChI=1S/C14H19NO2/c15-10-14(6-2-7-14)11-4-1-5-12-13(11)17-9-3-8-16-12/h1,4-5H,2-3,6-10,15H2. The van der Waals surface area contributed by atoms with Crippen LogP contribution in [0.15, 0.2) is 18.2 Å². The van der Waals surface area contributed by atoms with E-state index in [4.69, 9.17) is 15.2 Å². The quantitative estimate of drug-likeness (QED) is 0.852. The van der Waals surface area contributed by atoms with Crippen molar-refractivity contribution in [3.63, 3.8) is 0 Å². The maximum Gasteiger partial charge on any atom is 0.164 e. The number of benzene rings is 1. The van der Waals surface area contributed by atoms with Gasteiger partial charge in [-0.1, -0.05) is 18.6 Å². The van der Waals surface area contributed by atoms with Crippen LogP contribution in [-0.2, 0) is 5.41 Å². The summed E-state index contributed by atoms with van der Waals surface area (Å²) in [6.07, 6.45) is 4.55. The summed E-state index contributed by atoms with van der Waals surface area (Å²) < 4.78 is 11.6. The van der Waals surface area contributed by atoms with E-state index >= 15 is 0 Å². The molecule has 0 saturated heterocycles. The molecule has 1 heterocycles. The van der Waals surface area contributed by atoms with E-state index in [0.717, 1.165) is 31.1 Å². The van der Waals surface area contributed by atoms with Crippen molar-refractivity contribution in [2.75, 3.05) is 19.8 Å². The Morgan fingerprint density at radius 2 is 1.94 bits per heavy atom. The van der Waals surface area contributed by atoms with E-state index in [-0.39, 0.29) is 5.41 Å². The molecule has 1 aliphatic carbocycles. The number of fused-ring (bicyclic) bond motifs is 1. The molecule has 0 aromatic heterocycles. The highest BCUT2D eigenvalue weighted by Crippen LogP contribution is 2.49. The molecule has 1 aromatic carbocycles. The summed E-state index contributed by atoms with van der Waals surface area (Å²) in [4.78, 5) is 0. The molecule has 3 nitrogen and oxygen atoms in total. The van der Waals surface area contributed by atoms with Crippen LogP contribution >= 0.6 is 0 Å². The molecule has 0 amide bonds. The number of rotatable bonds is 2. The molecule has 1 aromatic rings. The largest absolute Gasteiger partial charge is 0.490 e. The first kappa shape index (κ1) is 10.9. The molecule has 1 fully saturated rings. The predicted octanol–water partition coefficient (Wildman–Crippen LogP) is 2.23. The molecular weight excluding hydrogens is 214 g/mol. The molecule has 1 aliphatic heterocycles. The average molecular weight is 233 g/mol. The Kier molecular flexibility index (Phi) is 2.71. The summed E-state index contributed by atoms with van der Waals surface area (Å²) in [6, 6.07) is 6.20. The first-order valence-corrected chi connectivity index (χ1v) is 6.45. The highest BCUT2D eigenvalue weighted by Gasteiger charge is 2.40. The molecule has 0 unspecified atom stereocenters. The Balaban J connectivity index is 2.04. The maximum absolute atomic E-state index is 5.98. The van der Waals surface area contributed by atoms with Gasteiger partial charge in [-0.2, -0.15) is 0 Å². The van der Waals surface area contributed by atoms with Crippen LogP contribution in [0.4, 0.5) is 0 Å². The first-order chi connectivity index (χ1) is 8.36. The minimum absolute atomic E-state index is 0.138. The molecule has 3 heteroatoms. The van der Waals surface area contributed by atoms with Crippen LogP contribution < -0.4 is 15.2 Å². The van der Waals surface area contributed by atoms with Crippen LogP contribution in [0.25, 0.3) is 0 Å². The average Bonchev–Trinajstić information content (AvgIpc) is 2.54. The van der Waals surface area contributed by atoms with Gasteiger partial charge in [0.25, 0.3) is 0 Å². The lowest BCUT2D eigenvalue weighted by Gasteiger charge is -2.42. The lowest BCUT2D eigenvalue weighted by atomic mass is 9.64. The lowest BCUT2D eigenvalue weighted by molar-refractivity contribution is 0.236. The van der Waals surface area contributed by atoms with Crippen LogP contribution in [0.3, 0.4) is 0 Å². The topological polar surface area (TPSA) is 44.5 Å². The second-order valence-corrected chi connectivity index (χ2v) is 5.02. The zero-order chi connectivity index (χ0) is 11.7. The fourth-order valence-corrected chi connectivity index (χ4v) is 2.80. The lowest BCUT2D eigenvalue weighted by Crippen LogP contribution is -2.41. The molecule has 3 rings (SSSR count). The van der Waals surface area contributed by atoms with Crippen molar-refractivity contribution in [3.05, 3.63) is 23.8 Å². The Morgan fingerprint density at radius 3 is 2.65 bits per heavy atom. The van der Waals surface area contributed by atoms with Gasteiger partial charge in [0.05, 0.1) is 13.2 Å². The van der Waals surface area contributed by atoms with Gasteiger partial charge >= 0.3 is 0 Å². The first-order valence-electron chi connectivity index (χ1n) is 6.45. The van der Waals surface area contributed by atoms with Crippen molar-refractivity contribution in [2.24, 2.45) is 5.73 Å². The highest BCUT2D eigenvalue weighted by atomic mass is 16.5. The van der Waals surface area contributed by atoms with E-state index in [1.54, 1.807) is 0 Å². The smallest absolute Gasteiger partial charge is 0.164 e. The second kappa shape index (κ2) is 4.22. The summed E-state index contributed by atoms with van der Waals surface area (Å²) in [5.41, 5.74) is 7.37. The van der Waals surface area contributed by atoms with E-state index in [2.05, 4.69) is 12.1 Å². The normalized spacial score (nSPS) is 21.5. The Morgan fingerprint density at radius 1 is 1.12 bits per heavy atom. The molecule has 17 heavy (non-hydrogen) atoms. The highest BCUT2D eigenvalue weighted by molar-refractivity contribution is 5.51. The SMILES string of the molecule is NCC1(c2cccc3c2OCCCO3)CCC1. The van der Waals surface area contributed by atoms with Crippen molar-refractivity contribution < 1.29 is 9.47 Å². The molecule has 0 bridgehead atoms. The summed E-state index contributed by atoms with van der Waals surface area (Å²) in [5, 5.41) is 0. The molecule has 2 aliphatic rings. The van der Waals surface area contributed by atoms with E-state index in [1.165, 1.54) is 24.8 Å². The number of para-hydroxylation sites is 1. The van der Waals surface area contributed by atoms with Crippen molar-refractivity contribution in [1.29, 1.82) is 0 Å². The summed E-state index contributed by atoms with van der Waals surface area (Å²) in [5.74, 6) is 1.83. The Bertz CT molecular complexity index is 407. The van der Waals surface area contributed by atoms with E-state index in [1.807, 2.05) is 6.07 Å². The number of hydrogen-bond donors (Lipinski definition) is 1. The predicted molar refractivity (Wildman–Crippen MR) is 66.6 cm³/mol. The summed E-state index contributed by atoms with van der Waals surface area (Å²) in [7, 11) is 0. The van der Waals surface area contributed by atoms with Gasteiger partial charge in [-0.05, 0) is 18.9 Å². The van der Waals surface area contributed by atoms with Crippen LogP contribution in [0.2, 0.25) is 0 Å². The van der Waals surface area contributed by atoms with Crippen LogP contribution in [-0.4, -0.2) is 19.8 Å². The van der Waals surface area contributed by atoms with Crippen molar-refractivity contribution in [1.82, 2.24) is 0 Å². The van der Waals surface area contributed by atoms with Crippen LogP contribution in [0.5, 0.6) is 11.5 Å². The van der Waals surface area contributed by atoms with Gasteiger partial charge in [-0.15, -0.1) is 0 Å².